The molecular formula is C19H27NO3S. The van der Waals surface area contributed by atoms with E-state index in [2.05, 4.69) is 30.1 Å². The van der Waals surface area contributed by atoms with Crippen molar-refractivity contribution in [2.75, 3.05) is 31.7 Å². The summed E-state index contributed by atoms with van der Waals surface area (Å²) in [6, 6.07) is 7.23. The third-order valence-electron chi connectivity index (χ3n) is 6.17. The van der Waals surface area contributed by atoms with Crippen molar-refractivity contribution < 1.29 is 13.2 Å². The van der Waals surface area contributed by atoms with Crippen LogP contribution < -0.4 is 4.74 Å². The molecule has 0 spiro atoms. The van der Waals surface area contributed by atoms with E-state index in [-0.39, 0.29) is 0 Å². The Morgan fingerprint density at radius 1 is 1.21 bits per heavy atom. The van der Waals surface area contributed by atoms with Gasteiger partial charge in [-0.05, 0) is 63.2 Å². The third kappa shape index (κ3) is 3.21. The Kier molecular flexibility index (Phi) is 4.33. The van der Waals surface area contributed by atoms with Gasteiger partial charge >= 0.3 is 0 Å². The smallest absolute Gasteiger partial charge is 0.150 e. The number of benzene rings is 1. The number of ether oxygens (including phenoxy) is 1. The van der Waals surface area contributed by atoms with E-state index in [9.17, 15) is 8.42 Å². The third-order valence-corrected chi connectivity index (χ3v) is 7.88. The summed E-state index contributed by atoms with van der Waals surface area (Å²) in [5.74, 6) is 2.57. The van der Waals surface area contributed by atoms with Crippen molar-refractivity contribution in [3.8, 4) is 5.75 Å². The molecule has 1 unspecified atom stereocenters. The van der Waals surface area contributed by atoms with Gasteiger partial charge in [-0.15, -0.1) is 0 Å². The average molecular weight is 349 g/mol. The van der Waals surface area contributed by atoms with E-state index < -0.39 is 9.84 Å². The second kappa shape index (κ2) is 6.34. The van der Waals surface area contributed by atoms with Gasteiger partial charge in [-0.2, -0.15) is 0 Å². The molecule has 2 saturated heterocycles. The number of rotatable bonds is 3. The van der Waals surface area contributed by atoms with Gasteiger partial charge in [-0.25, -0.2) is 8.42 Å². The maximum atomic E-state index is 11.7. The lowest BCUT2D eigenvalue weighted by molar-refractivity contribution is 0.257. The van der Waals surface area contributed by atoms with Gasteiger partial charge in [-0.1, -0.05) is 12.1 Å². The van der Waals surface area contributed by atoms with Gasteiger partial charge < -0.3 is 9.64 Å². The number of hydrogen-bond donors (Lipinski definition) is 0. The van der Waals surface area contributed by atoms with E-state index >= 15 is 0 Å². The molecule has 4 rings (SSSR count). The highest BCUT2D eigenvalue weighted by molar-refractivity contribution is 7.91. The predicted molar refractivity (Wildman–Crippen MR) is 95.6 cm³/mol. The minimum atomic E-state index is -2.80. The summed E-state index contributed by atoms with van der Waals surface area (Å²) in [5, 5.41) is 0. The van der Waals surface area contributed by atoms with E-state index in [1.165, 1.54) is 36.9 Å². The van der Waals surface area contributed by atoms with Crippen LogP contribution in [0.3, 0.4) is 0 Å². The van der Waals surface area contributed by atoms with Gasteiger partial charge in [0.15, 0.2) is 0 Å². The largest absolute Gasteiger partial charge is 0.493 e. The van der Waals surface area contributed by atoms with Crippen molar-refractivity contribution in [1.29, 1.82) is 0 Å². The van der Waals surface area contributed by atoms with Crippen LogP contribution in [0, 0.1) is 0 Å². The molecule has 1 aromatic rings. The predicted octanol–water partition coefficient (Wildman–Crippen LogP) is 2.94. The number of hydrogen-bond acceptors (Lipinski definition) is 4. The summed E-state index contributed by atoms with van der Waals surface area (Å²) in [7, 11) is -0.569. The molecule has 5 heteroatoms. The van der Waals surface area contributed by atoms with Crippen LogP contribution in [0.15, 0.2) is 18.2 Å². The van der Waals surface area contributed by atoms with Crippen LogP contribution in [-0.2, 0) is 9.84 Å². The van der Waals surface area contributed by atoms with E-state index in [1.807, 2.05) is 0 Å². The molecule has 3 aliphatic heterocycles. The molecular weight excluding hydrogens is 322 g/mol. The fourth-order valence-corrected chi connectivity index (χ4v) is 6.07. The van der Waals surface area contributed by atoms with Gasteiger partial charge in [0.25, 0.3) is 0 Å². The SMILES string of the molecule is CN1CCC[C@@H]1CC1COc2ccc(C3CCS(=O)(=O)CC3)cc21. The first-order valence-electron chi connectivity index (χ1n) is 9.19. The summed E-state index contributed by atoms with van der Waals surface area (Å²) >= 11 is 0. The van der Waals surface area contributed by atoms with Gasteiger partial charge in [0.05, 0.1) is 18.1 Å². The minimum Gasteiger partial charge on any atom is -0.493 e. The Morgan fingerprint density at radius 3 is 2.71 bits per heavy atom. The van der Waals surface area contributed by atoms with Gasteiger partial charge in [-0.3, -0.25) is 0 Å². The van der Waals surface area contributed by atoms with Crippen LogP contribution in [0.5, 0.6) is 5.75 Å². The summed E-state index contributed by atoms with van der Waals surface area (Å²) in [6.07, 6.45) is 5.29. The average Bonchev–Trinajstić information content (AvgIpc) is 3.14. The number of likely N-dealkylation sites (tertiary alicyclic amines) is 1. The minimum absolute atomic E-state index is 0.335. The number of fused-ring (bicyclic) bond motifs is 1. The van der Waals surface area contributed by atoms with Gasteiger partial charge in [0, 0.05) is 17.5 Å². The molecule has 0 N–H and O–H groups in total. The van der Waals surface area contributed by atoms with Crippen LogP contribution in [0.2, 0.25) is 0 Å². The molecule has 0 amide bonds. The zero-order valence-corrected chi connectivity index (χ0v) is 15.2. The molecule has 4 nitrogen and oxygen atoms in total. The Bertz CT molecular complexity index is 701. The molecule has 0 aromatic heterocycles. The molecule has 3 heterocycles. The van der Waals surface area contributed by atoms with E-state index in [1.54, 1.807) is 0 Å². The Labute approximate surface area is 145 Å². The summed E-state index contributed by atoms with van der Waals surface area (Å²) in [6.45, 7) is 2.00. The zero-order valence-electron chi connectivity index (χ0n) is 14.4. The highest BCUT2D eigenvalue weighted by Gasteiger charge is 2.32. The Morgan fingerprint density at radius 2 is 2.00 bits per heavy atom. The van der Waals surface area contributed by atoms with Crippen molar-refractivity contribution in [1.82, 2.24) is 4.90 Å². The molecule has 0 aliphatic carbocycles. The fraction of sp³-hybridized carbons (Fsp3) is 0.684. The summed E-state index contributed by atoms with van der Waals surface area (Å²) < 4.78 is 29.2. The van der Waals surface area contributed by atoms with Crippen molar-refractivity contribution in [2.45, 2.75) is 50.0 Å². The van der Waals surface area contributed by atoms with Crippen LogP contribution >= 0.6 is 0 Å². The number of sulfone groups is 1. The van der Waals surface area contributed by atoms with Crippen molar-refractivity contribution >= 4 is 9.84 Å². The molecule has 0 radical (unpaired) electrons. The molecule has 132 valence electrons. The van der Waals surface area contributed by atoms with E-state index in [0.717, 1.165) is 25.2 Å². The fourth-order valence-electron chi connectivity index (χ4n) is 4.58. The Hall–Kier alpha value is -1.07. The van der Waals surface area contributed by atoms with E-state index in [0.29, 0.717) is 29.4 Å². The first kappa shape index (κ1) is 16.4. The number of nitrogens with zero attached hydrogens (tertiary/aromatic N) is 1. The molecule has 0 saturated carbocycles. The van der Waals surface area contributed by atoms with Crippen LogP contribution in [0.4, 0.5) is 0 Å². The lowest BCUT2D eigenvalue weighted by Crippen LogP contribution is -2.27. The summed E-state index contributed by atoms with van der Waals surface area (Å²) in [5.41, 5.74) is 2.65. The van der Waals surface area contributed by atoms with Gasteiger partial charge in [0.2, 0.25) is 0 Å². The topological polar surface area (TPSA) is 46.6 Å². The maximum absolute atomic E-state index is 11.7. The van der Waals surface area contributed by atoms with Crippen LogP contribution in [-0.4, -0.2) is 51.1 Å². The molecule has 1 aromatic carbocycles. The normalized spacial score (nSPS) is 30.2. The molecule has 3 aliphatic rings. The first-order valence-corrected chi connectivity index (χ1v) is 11.0. The second-order valence-electron chi connectivity index (χ2n) is 7.74. The standard InChI is InChI=1S/C19H27NO3S/c1-20-8-2-3-17(20)11-16-13-23-19-5-4-15(12-18(16)19)14-6-9-24(21,22)10-7-14/h4-5,12,14,16-17H,2-3,6-11,13H2,1H3/t16?,17-/m1/s1. The van der Waals surface area contributed by atoms with Crippen LogP contribution in [0.25, 0.3) is 0 Å². The highest BCUT2D eigenvalue weighted by Crippen LogP contribution is 2.41. The van der Waals surface area contributed by atoms with Crippen molar-refractivity contribution in [3.05, 3.63) is 29.3 Å². The molecule has 24 heavy (non-hydrogen) atoms. The maximum Gasteiger partial charge on any atom is 0.150 e. The van der Waals surface area contributed by atoms with Gasteiger partial charge in [0.1, 0.15) is 15.6 Å². The van der Waals surface area contributed by atoms with Crippen molar-refractivity contribution in [3.63, 3.8) is 0 Å². The second-order valence-corrected chi connectivity index (χ2v) is 10.0. The molecule has 2 atom stereocenters. The zero-order chi connectivity index (χ0) is 16.7. The summed E-state index contributed by atoms with van der Waals surface area (Å²) in [4.78, 5) is 2.48. The Balaban J connectivity index is 1.51. The molecule has 0 bridgehead atoms. The lowest BCUT2D eigenvalue weighted by Gasteiger charge is -2.24. The van der Waals surface area contributed by atoms with Crippen molar-refractivity contribution in [2.24, 2.45) is 0 Å². The lowest BCUT2D eigenvalue weighted by atomic mass is 9.87. The monoisotopic (exact) mass is 349 g/mol. The first-order chi connectivity index (χ1) is 11.5. The highest BCUT2D eigenvalue weighted by atomic mass is 32.2. The quantitative estimate of drug-likeness (QED) is 0.842. The van der Waals surface area contributed by atoms with E-state index in [4.69, 9.17) is 4.74 Å². The van der Waals surface area contributed by atoms with Crippen LogP contribution in [0.1, 0.15) is 55.1 Å². The molecule has 2 fully saturated rings.